The molecule has 0 aliphatic carbocycles. The van der Waals surface area contributed by atoms with Gasteiger partial charge in [0.1, 0.15) is 0 Å². The first kappa shape index (κ1) is 24.3. The Morgan fingerprint density at radius 1 is 0.382 bits per heavy atom. The molecule has 34 heavy (non-hydrogen) atoms. The van der Waals surface area contributed by atoms with Crippen LogP contribution in [0.1, 0.15) is 56.3 Å². The third-order valence-corrected chi connectivity index (χ3v) is 7.32. The number of aryl methyl sites for hydroxylation is 4. The van der Waals surface area contributed by atoms with Gasteiger partial charge in [-0.25, -0.2) is 0 Å². The van der Waals surface area contributed by atoms with E-state index < -0.39 is 0 Å². The Balaban J connectivity index is 1.90. The summed E-state index contributed by atoms with van der Waals surface area (Å²) in [6.45, 7) is 8.39. The van der Waals surface area contributed by atoms with E-state index in [9.17, 15) is 0 Å². The standard InChI is InChI=1S/C32H30Cl2/c1-21-5-13-25(14-6-21)29(26-15-7-22(2)8-16-26)31(33)32(34)30(27-17-9-23(3)10-18-27)28-19-11-24(4)12-20-28/h5-20,29-30H,1-4H3/b32-31+. The Bertz CT molecular complexity index is 1070. The van der Waals surface area contributed by atoms with Crippen LogP contribution < -0.4 is 0 Å². The van der Waals surface area contributed by atoms with E-state index in [4.69, 9.17) is 23.2 Å². The van der Waals surface area contributed by atoms with Gasteiger partial charge in [0, 0.05) is 21.9 Å². The minimum atomic E-state index is -0.145. The molecule has 0 spiro atoms. The largest absolute Gasteiger partial charge is 0.0868 e. The molecule has 0 heterocycles. The molecule has 4 aromatic carbocycles. The maximum Gasteiger partial charge on any atom is 0.0459 e. The van der Waals surface area contributed by atoms with Crippen molar-refractivity contribution in [1.82, 2.24) is 0 Å². The van der Waals surface area contributed by atoms with Gasteiger partial charge >= 0.3 is 0 Å². The lowest BCUT2D eigenvalue weighted by atomic mass is 9.85. The maximum absolute atomic E-state index is 7.25. The molecule has 0 atom stereocenters. The second-order valence-corrected chi connectivity index (χ2v) is 10.0. The summed E-state index contributed by atoms with van der Waals surface area (Å²) in [5.41, 5.74) is 9.39. The van der Waals surface area contributed by atoms with Gasteiger partial charge in [0.05, 0.1) is 0 Å². The highest BCUT2D eigenvalue weighted by atomic mass is 35.5. The fraction of sp³-hybridized carbons (Fsp3) is 0.188. The topological polar surface area (TPSA) is 0 Å². The van der Waals surface area contributed by atoms with E-state index in [1.807, 2.05) is 0 Å². The molecular weight excluding hydrogens is 455 g/mol. The number of hydrogen-bond acceptors (Lipinski definition) is 0. The molecule has 0 aliphatic rings. The highest BCUT2D eigenvalue weighted by Crippen LogP contribution is 2.44. The number of hydrogen-bond donors (Lipinski definition) is 0. The Hall–Kier alpha value is -2.80. The maximum atomic E-state index is 7.25. The number of halogens is 2. The summed E-state index contributed by atoms with van der Waals surface area (Å²) in [6, 6.07) is 34.3. The van der Waals surface area contributed by atoms with E-state index in [1.54, 1.807) is 0 Å². The van der Waals surface area contributed by atoms with Crippen LogP contribution in [0.3, 0.4) is 0 Å². The molecule has 0 saturated heterocycles. The van der Waals surface area contributed by atoms with Gasteiger partial charge in [-0.1, -0.05) is 143 Å². The summed E-state index contributed by atoms with van der Waals surface area (Å²) in [5, 5.41) is 1.31. The third kappa shape index (κ3) is 5.46. The van der Waals surface area contributed by atoms with Crippen molar-refractivity contribution in [3.63, 3.8) is 0 Å². The fourth-order valence-electron chi connectivity index (χ4n) is 4.28. The van der Waals surface area contributed by atoms with Gasteiger partial charge in [0.15, 0.2) is 0 Å². The Morgan fingerprint density at radius 2 is 0.559 bits per heavy atom. The number of benzene rings is 4. The average molecular weight is 485 g/mol. The van der Waals surface area contributed by atoms with Crippen LogP contribution in [0.2, 0.25) is 0 Å². The van der Waals surface area contributed by atoms with Gasteiger partial charge < -0.3 is 0 Å². The fourth-order valence-corrected chi connectivity index (χ4v) is 5.00. The molecule has 0 amide bonds. The lowest BCUT2D eigenvalue weighted by Gasteiger charge is -2.24. The summed E-state index contributed by atoms with van der Waals surface area (Å²) < 4.78 is 0. The molecule has 4 aromatic rings. The normalized spacial score (nSPS) is 12.2. The molecule has 172 valence electrons. The van der Waals surface area contributed by atoms with Crippen molar-refractivity contribution in [2.45, 2.75) is 39.5 Å². The molecule has 0 radical (unpaired) electrons. The zero-order valence-corrected chi connectivity index (χ0v) is 21.7. The summed E-state index contributed by atoms with van der Waals surface area (Å²) >= 11 is 14.5. The summed E-state index contributed by atoms with van der Waals surface area (Å²) in [6.07, 6.45) is 0. The van der Waals surface area contributed by atoms with Crippen LogP contribution in [0.5, 0.6) is 0 Å². The van der Waals surface area contributed by atoms with E-state index in [0.29, 0.717) is 10.1 Å². The van der Waals surface area contributed by atoms with Gasteiger partial charge in [0.2, 0.25) is 0 Å². The Labute approximate surface area is 213 Å². The van der Waals surface area contributed by atoms with Crippen molar-refractivity contribution in [3.8, 4) is 0 Å². The van der Waals surface area contributed by atoms with Crippen molar-refractivity contribution < 1.29 is 0 Å². The van der Waals surface area contributed by atoms with Crippen molar-refractivity contribution in [2.75, 3.05) is 0 Å². The molecule has 0 saturated carbocycles. The van der Waals surface area contributed by atoms with Crippen molar-refractivity contribution in [1.29, 1.82) is 0 Å². The van der Waals surface area contributed by atoms with Crippen LogP contribution in [0.25, 0.3) is 0 Å². The predicted octanol–water partition coefficient (Wildman–Crippen LogP) is 9.57. The Morgan fingerprint density at radius 3 is 0.735 bits per heavy atom. The smallest absolute Gasteiger partial charge is 0.0459 e. The van der Waals surface area contributed by atoms with Crippen LogP contribution in [0.15, 0.2) is 107 Å². The number of rotatable bonds is 6. The molecule has 2 heteroatoms. The van der Waals surface area contributed by atoms with Crippen LogP contribution in [0.4, 0.5) is 0 Å². The molecule has 0 aliphatic heterocycles. The van der Waals surface area contributed by atoms with Crippen LogP contribution >= 0.6 is 23.2 Å². The molecule has 4 rings (SSSR count). The van der Waals surface area contributed by atoms with Gasteiger partial charge in [-0.2, -0.15) is 0 Å². The van der Waals surface area contributed by atoms with Crippen molar-refractivity contribution in [2.24, 2.45) is 0 Å². The summed E-state index contributed by atoms with van der Waals surface area (Å²) in [4.78, 5) is 0. The van der Waals surface area contributed by atoms with E-state index in [2.05, 4.69) is 125 Å². The summed E-state index contributed by atoms with van der Waals surface area (Å²) in [7, 11) is 0. The lowest BCUT2D eigenvalue weighted by Crippen LogP contribution is -2.08. The van der Waals surface area contributed by atoms with E-state index in [1.165, 1.54) is 22.3 Å². The third-order valence-electron chi connectivity index (χ3n) is 6.38. The van der Waals surface area contributed by atoms with Gasteiger partial charge in [-0.15, -0.1) is 0 Å². The van der Waals surface area contributed by atoms with Gasteiger partial charge in [-0.3, -0.25) is 0 Å². The highest BCUT2D eigenvalue weighted by molar-refractivity contribution is 6.40. The quantitative estimate of drug-likeness (QED) is 0.255. The first-order valence-corrected chi connectivity index (χ1v) is 12.4. The van der Waals surface area contributed by atoms with Crippen LogP contribution in [0, 0.1) is 27.7 Å². The highest BCUT2D eigenvalue weighted by Gasteiger charge is 2.27. The van der Waals surface area contributed by atoms with Gasteiger partial charge in [0.25, 0.3) is 0 Å². The monoisotopic (exact) mass is 484 g/mol. The zero-order valence-electron chi connectivity index (χ0n) is 20.1. The van der Waals surface area contributed by atoms with Crippen molar-refractivity contribution in [3.05, 3.63) is 152 Å². The first-order valence-electron chi connectivity index (χ1n) is 11.6. The second kappa shape index (κ2) is 10.6. The van der Waals surface area contributed by atoms with Crippen LogP contribution in [-0.2, 0) is 0 Å². The Kier molecular flexibility index (Phi) is 7.61. The summed E-state index contributed by atoms with van der Waals surface area (Å²) in [5.74, 6) is -0.289. The molecule has 0 nitrogen and oxygen atoms in total. The molecule has 0 unspecified atom stereocenters. The lowest BCUT2D eigenvalue weighted by molar-refractivity contribution is 0.938. The molecule has 0 bridgehead atoms. The van der Waals surface area contributed by atoms with E-state index in [-0.39, 0.29) is 11.8 Å². The minimum Gasteiger partial charge on any atom is -0.0868 e. The number of allylic oxidation sites excluding steroid dienone is 2. The van der Waals surface area contributed by atoms with E-state index >= 15 is 0 Å². The first-order chi connectivity index (χ1) is 16.3. The van der Waals surface area contributed by atoms with Gasteiger partial charge in [-0.05, 0) is 49.9 Å². The SMILES string of the molecule is Cc1ccc(C(/C(Cl)=C(\Cl)C(c2ccc(C)cc2)c2ccc(C)cc2)c2ccc(C)cc2)cc1. The molecular formula is C32H30Cl2. The van der Waals surface area contributed by atoms with Crippen LogP contribution in [-0.4, -0.2) is 0 Å². The molecule has 0 N–H and O–H groups in total. The van der Waals surface area contributed by atoms with E-state index in [0.717, 1.165) is 22.3 Å². The molecule has 0 fully saturated rings. The second-order valence-electron chi connectivity index (χ2n) is 9.20. The molecule has 0 aromatic heterocycles. The predicted molar refractivity (Wildman–Crippen MR) is 147 cm³/mol. The van der Waals surface area contributed by atoms with Crippen molar-refractivity contribution >= 4 is 23.2 Å². The minimum absolute atomic E-state index is 0.145. The zero-order chi connectivity index (χ0) is 24.2. The average Bonchev–Trinajstić information content (AvgIpc) is 2.84.